The number of benzene rings is 1. The van der Waals surface area contributed by atoms with Gasteiger partial charge in [-0.1, -0.05) is 11.8 Å². The summed E-state index contributed by atoms with van der Waals surface area (Å²) in [6.07, 6.45) is 0. The molecule has 0 atom stereocenters. The molecule has 0 aliphatic heterocycles. The summed E-state index contributed by atoms with van der Waals surface area (Å²) >= 11 is 0.584. The molecule has 0 spiro atoms. The first kappa shape index (κ1) is 13.0. The van der Waals surface area contributed by atoms with Crippen molar-refractivity contribution in [1.82, 2.24) is 0 Å². The molecule has 1 rings (SSSR count). The molecule has 0 heterocycles. The van der Waals surface area contributed by atoms with E-state index in [1.165, 1.54) is 6.92 Å². The van der Waals surface area contributed by atoms with Crippen LogP contribution in [0.25, 0.3) is 0 Å². The number of hydrogen-bond donors (Lipinski definition) is 0. The molecule has 0 bridgehead atoms. The maximum atomic E-state index is 13.2. The predicted octanol–water partition coefficient (Wildman–Crippen LogP) is 3.33. The molecule has 0 radical (unpaired) electrons. The Balaban J connectivity index is 3.23. The van der Waals surface area contributed by atoms with E-state index in [-0.39, 0.29) is 5.12 Å². The zero-order valence-electron chi connectivity index (χ0n) is 8.54. The van der Waals surface area contributed by atoms with Crippen LogP contribution in [0.3, 0.4) is 0 Å². The highest BCUT2D eigenvalue weighted by atomic mass is 32.2. The van der Waals surface area contributed by atoms with Crippen molar-refractivity contribution in [2.75, 3.05) is 0 Å². The van der Waals surface area contributed by atoms with Crippen molar-refractivity contribution in [2.24, 2.45) is 0 Å². The molecule has 16 heavy (non-hydrogen) atoms. The minimum atomic E-state index is -1.44. The third-order valence-corrected chi connectivity index (χ3v) is 2.83. The Morgan fingerprint density at radius 3 is 1.88 bits per heavy atom. The van der Waals surface area contributed by atoms with E-state index in [9.17, 15) is 22.4 Å². The number of halogens is 4. The number of rotatable bonds is 2. The van der Waals surface area contributed by atoms with Crippen LogP contribution in [0.15, 0.2) is 0 Å². The fourth-order valence-electron chi connectivity index (χ4n) is 1.09. The molecule has 0 saturated heterocycles. The molecule has 0 aromatic heterocycles. The predicted molar refractivity (Wildman–Crippen MR) is 53.0 cm³/mol. The first-order valence-corrected chi connectivity index (χ1v) is 5.29. The minimum absolute atomic E-state index is 0.389. The van der Waals surface area contributed by atoms with Gasteiger partial charge >= 0.3 is 0 Å². The number of thioether (sulfide) groups is 1. The number of carbonyl (C=O) groups excluding carboxylic acids is 1. The van der Waals surface area contributed by atoms with Gasteiger partial charge in [0.25, 0.3) is 0 Å². The fraction of sp³-hybridized carbons (Fsp3) is 0.300. The van der Waals surface area contributed by atoms with E-state index in [4.69, 9.17) is 0 Å². The Hall–Kier alpha value is -1.04. The van der Waals surface area contributed by atoms with Gasteiger partial charge in [0, 0.05) is 23.8 Å². The van der Waals surface area contributed by atoms with Crippen LogP contribution in [-0.4, -0.2) is 5.12 Å². The summed E-state index contributed by atoms with van der Waals surface area (Å²) in [7, 11) is 0. The molecule has 0 fully saturated rings. The van der Waals surface area contributed by atoms with Crippen LogP contribution in [0.1, 0.15) is 18.1 Å². The molecule has 1 aromatic rings. The second kappa shape index (κ2) is 4.86. The highest BCUT2D eigenvalue weighted by Crippen LogP contribution is 2.26. The van der Waals surface area contributed by atoms with Gasteiger partial charge in [0.05, 0.1) is 0 Å². The van der Waals surface area contributed by atoms with Crippen molar-refractivity contribution >= 4 is 16.9 Å². The van der Waals surface area contributed by atoms with Gasteiger partial charge in [0.15, 0.2) is 28.4 Å². The van der Waals surface area contributed by atoms with Gasteiger partial charge in [-0.25, -0.2) is 17.6 Å². The topological polar surface area (TPSA) is 17.1 Å². The lowest BCUT2D eigenvalue weighted by atomic mass is 10.1. The fourth-order valence-corrected chi connectivity index (χ4v) is 1.69. The Morgan fingerprint density at radius 1 is 1.06 bits per heavy atom. The second-order valence-corrected chi connectivity index (χ2v) is 4.29. The van der Waals surface area contributed by atoms with Crippen molar-refractivity contribution < 1.29 is 22.4 Å². The quantitative estimate of drug-likeness (QED) is 0.593. The Morgan fingerprint density at radius 2 is 1.50 bits per heavy atom. The summed E-state index contributed by atoms with van der Waals surface area (Å²) in [5.41, 5.74) is -1.45. The van der Waals surface area contributed by atoms with Gasteiger partial charge in [-0.2, -0.15) is 0 Å². The van der Waals surface area contributed by atoms with E-state index < -0.39 is 40.1 Å². The Kier molecular flexibility index (Phi) is 3.96. The molecule has 0 unspecified atom stereocenters. The third-order valence-electron chi connectivity index (χ3n) is 1.99. The van der Waals surface area contributed by atoms with E-state index in [0.717, 1.165) is 6.92 Å². The van der Waals surface area contributed by atoms with Crippen LogP contribution >= 0.6 is 11.8 Å². The average Bonchev–Trinajstić information content (AvgIpc) is 2.23. The summed E-state index contributed by atoms with van der Waals surface area (Å²) in [5, 5.41) is -0.389. The summed E-state index contributed by atoms with van der Waals surface area (Å²) in [5.74, 6) is -6.15. The van der Waals surface area contributed by atoms with E-state index in [0.29, 0.717) is 11.8 Å². The van der Waals surface area contributed by atoms with Crippen LogP contribution in [-0.2, 0) is 10.5 Å². The Bertz CT molecular complexity index is 416. The maximum absolute atomic E-state index is 13.2. The molecule has 0 aliphatic rings. The van der Waals surface area contributed by atoms with Crippen LogP contribution in [0.5, 0.6) is 0 Å². The van der Waals surface area contributed by atoms with Crippen LogP contribution in [0.2, 0.25) is 0 Å². The van der Waals surface area contributed by atoms with Gasteiger partial charge in [-0.05, 0) is 6.92 Å². The molecular weight excluding hydrogens is 244 g/mol. The SMILES string of the molecule is CC(=O)SCc1c(F)c(F)c(C)c(F)c1F. The third kappa shape index (κ3) is 2.37. The van der Waals surface area contributed by atoms with Crippen molar-refractivity contribution in [1.29, 1.82) is 0 Å². The van der Waals surface area contributed by atoms with E-state index in [1.54, 1.807) is 0 Å². The molecule has 1 aromatic carbocycles. The molecular formula is C10H8F4OS. The molecule has 0 amide bonds. The van der Waals surface area contributed by atoms with E-state index >= 15 is 0 Å². The summed E-state index contributed by atoms with van der Waals surface area (Å²) in [6, 6.07) is 0. The molecule has 0 aliphatic carbocycles. The van der Waals surface area contributed by atoms with Crippen LogP contribution in [0, 0.1) is 30.2 Å². The molecule has 88 valence electrons. The lowest BCUT2D eigenvalue weighted by Crippen LogP contribution is -2.05. The van der Waals surface area contributed by atoms with Gasteiger partial charge in [-0.15, -0.1) is 0 Å². The van der Waals surface area contributed by atoms with Gasteiger partial charge < -0.3 is 0 Å². The highest BCUT2D eigenvalue weighted by Gasteiger charge is 2.22. The van der Waals surface area contributed by atoms with Crippen molar-refractivity contribution in [2.45, 2.75) is 19.6 Å². The highest BCUT2D eigenvalue weighted by molar-refractivity contribution is 8.12. The first-order chi connectivity index (χ1) is 7.36. The largest absolute Gasteiger partial charge is 0.288 e. The van der Waals surface area contributed by atoms with Gasteiger partial charge in [-0.3, -0.25) is 4.79 Å². The zero-order chi connectivity index (χ0) is 12.5. The summed E-state index contributed by atoms with van der Waals surface area (Å²) in [4.78, 5) is 10.6. The van der Waals surface area contributed by atoms with E-state index in [2.05, 4.69) is 0 Å². The average molecular weight is 252 g/mol. The Labute approximate surface area is 93.8 Å². The minimum Gasteiger partial charge on any atom is -0.288 e. The van der Waals surface area contributed by atoms with Gasteiger partial charge in [0.1, 0.15) is 0 Å². The number of hydrogen-bond acceptors (Lipinski definition) is 2. The van der Waals surface area contributed by atoms with Crippen molar-refractivity contribution in [3.63, 3.8) is 0 Å². The van der Waals surface area contributed by atoms with Crippen molar-refractivity contribution in [3.05, 3.63) is 34.4 Å². The normalized spacial score (nSPS) is 10.6. The summed E-state index contributed by atoms with van der Waals surface area (Å²) in [6.45, 7) is 2.14. The lowest BCUT2D eigenvalue weighted by molar-refractivity contribution is -0.109. The number of carbonyl (C=O) groups is 1. The smallest absolute Gasteiger partial charge is 0.186 e. The van der Waals surface area contributed by atoms with E-state index in [1.807, 2.05) is 0 Å². The zero-order valence-corrected chi connectivity index (χ0v) is 9.35. The standard InChI is InChI=1S/C10H8F4OS/c1-4-7(11)9(13)6(3-16-5(2)15)10(14)8(4)12/h3H2,1-2H3. The first-order valence-electron chi connectivity index (χ1n) is 4.31. The molecule has 0 N–H and O–H groups in total. The molecule has 6 heteroatoms. The molecule has 0 saturated carbocycles. The van der Waals surface area contributed by atoms with Crippen LogP contribution in [0.4, 0.5) is 17.6 Å². The van der Waals surface area contributed by atoms with Crippen molar-refractivity contribution in [3.8, 4) is 0 Å². The summed E-state index contributed by atoms with van der Waals surface area (Å²) < 4.78 is 52.7. The van der Waals surface area contributed by atoms with Gasteiger partial charge in [0.2, 0.25) is 0 Å². The second-order valence-electron chi connectivity index (χ2n) is 3.14. The van der Waals surface area contributed by atoms with Crippen LogP contribution < -0.4 is 0 Å². The maximum Gasteiger partial charge on any atom is 0.186 e. The monoisotopic (exact) mass is 252 g/mol. The molecule has 1 nitrogen and oxygen atoms in total. The lowest BCUT2D eigenvalue weighted by Gasteiger charge is -2.08.